The van der Waals surface area contributed by atoms with E-state index in [-0.39, 0.29) is 11.6 Å². The maximum Gasteiger partial charge on any atom is 0.277 e. The largest absolute Gasteiger partial charge is 0.296 e. The minimum atomic E-state index is -0.358. The van der Waals surface area contributed by atoms with Crippen molar-refractivity contribution >= 4 is 56.9 Å². The number of thiazole rings is 1. The third-order valence-corrected chi connectivity index (χ3v) is 4.92. The van der Waals surface area contributed by atoms with Crippen LogP contribution in [0.1, 0.15) is 16.2 Å². The topological polar surface area (TPSA) is 67.8 Å². The van der Waals surface area contributed by atoms with E-state index in [9.17, 15) is 4.79 Å². The first-order chi connectivity index (χ1) is 10.5. The van der Waals surface area contributed by atoms with E-state index in [1.807, 2.05) is 0 Å². The maximum atomic E-state index is 12.1. The van der Waals surface area contributed by atoms with Gasteiger partial charge in [0, 0.05) is 17.1 Å². The number of amides is 1. The van der Waals surface area contributed by atoms with Crippen molar-refractivity contribution in [2.45, 2.75) is 6.92 Å². The third-order valence-electron chi connectivity index (χ3n) is 2.67. The van der Waals surface area contributed by atoms with E-state index in [1.165, 1.54) is 35.1 Å². The smallest absolute Gasteiger partial charge is 0.277 e. The van der Waals surface area contributed by atoms with Gasteiger partial charge >= 0.3 is 0 Å². The van der Waals surface area contributed by atoms with Crippen LogP contribution in [0, 0.1) is 6.92 Å². The fourth-order valence-corrected chi connectivity index (χ4v) is 3.83. The number of nitrogens with zero attached hydrogens (tertiary/aromatic N) is 3. The average molecular weight is 371 g/mol. The van der Waals surface area contributed by atoms with E-state index >= 15 is 0 Å². The van der Waals surface area contributed by atoms with Crippen LogP contribution in [0.15, 0.2) is 23.8 Å². The summed E-state index contributed by atoms with van der Waals surface area (Å²) in [5.41, 5.74) is 2.41. The second-order valence-corrected chi connectivity index (χ2v) is 7.42. The standard InChI is InChI=1S/C13H8Cl2N4OS2/c1-6-3-17-8(4-16-6)12(20)19-13-18-9(5-21-13)7-2-10(14)22-11(7)15/h2-5H,1H3,(H,18,19,20). The first-order valence-corrected chi connectivity index (χ1v) is 8.49. The number of thiophene rings is 1. The molecule has 0 radical (unpaired) electrons. The SMILES string of the molecule is Cc1cnc(C(=O)Nc2nc(-c3cc(Cl)sc3Cl)cs2)cn1. The second kappa shape index (κ2) is 6.29. The van der Waals surface area contributed by atoms with Gasteiger partial charge in [0.15, 0.2) is 5.13 Å². The number of hydrogen-bond donors (Lipinski definition) is 1. The maximum absolute atomic E-state index is 12.1. The molecule has 112 valence electrons. The summed E-state index contributed by atoms with van der Waals surface area (Å²) in [4.78, 5) is 24.4. The van der Waals surface area contributed by atoms with Gasteiger partial charge in [0.25, 0.3) is 5.91 Å². The molecule has 0 atom stereocenters. The Morgan fingerprint density at radius 2 is 2.09 bits per heavy atom. The van der Waals surface area contributed by atoms with E-state index in [0.717, 1.165) is 11.3 Å². The minimum absolute atomic E-state index is 0.235. The third kappa shape index (κ3) is 3.27. The number of aromatic nitrogens is 3. The van der Waals surface area contributed by atoms with Crippen LogP contribution in [0.2, 0.25) is 8.67 Å². The highest BCUT2D eigenvalue weighted by molar-refractivity contribution is 7.20. The lowest BCUT2D eigenvalue weighted by atomic mass is 10.3. The molecule has 3 heterocycles. The first kappa shape index (κ1) is 15.4. The van der Waals surface area contributed by atoms with E-state index in [4.69, 9.17) is 23.2 Å². The van der Waals surface area contributed by atoms with Crippen molar-refractivity contribution in [2.75, 3.05) is 5.32 Å². The molecule has 5 nitrogen and oxygen atoms in total. The molecule has 1 amide bonds. The van der Waals surface area contributed by atoms with Crippen molar-refractivity contribution < 1.29 is 4.79 Å². The van der Waals surface area contributed by atoms with E-state index in [2.05, 4.69) is 20.3 Å². The molecule has 0 saturated heterocycles. The second-order valence-electron chi connectivity index (χ2n) is 4.27. The Kier molecular flexibility index (Phi) is 4.39. The predicted octanol–water partition coefficient (Wildman–Crippen LogP) is 4.53. The Hall–Kier alpha value is -1.54. The summed E-state index contributed by atoms with van der Waals surface area (Å²) in [5, 5.41) is 4.95. The average Bonchev–Trinajstić information content (AvgIpc) is 3.06. The molecular weight excluding hydrogens is 363 g/mol. The highest BCUT2D eigenvalue weighted by Crippen LogP contribution is 2.38. The summed E-state index contributed by atoms with van der Waals surface area (Å²) in [5.74, 6) is -0.358. The van der Waals surface area contributed by atoms with Crippen LogP contribution in [0.3, 0.4) is 0 Å². The molecule has 3 rings (SSSR count). The van der Waals surface area contributed by atoms with Crippen molar-refractivity contribution in [3.05, 3.63) is 43.9 Å². The van der Waals surface area contributed by atoms with Gasteiger partial charge in [-0.2, -0.15) is 0 Å². The molecule has 0 spiro atoms. The molecule has 0 fully saturated rings. The van der Waals surface area contributed by atoms with Crippen molar-refractivity contribution in [1.82, 2.24) is 15.0 Å². The Labute approximate surface area is 144 Å². The Morgan fingerprint density at radius 1 is 1.27 bits per heavy atom. The lowest BCUT2D eigenvalue weighted by Gasteiger charge is -2.00. The van der Waals surface area contributed by atoms with Crippen LogP contribution in [0.4, 0.5) is 5.13 Å². The molecule has 22 heavy (non-hydrogen) atoms. The number of carbonyl (C=O) groups is 1. The van der Waals surface area contributed by atoms with E-state index in [1.54, 1.807) is 18.4 Å². The zero-order valence-electron chi connectivity index (χ0n) is 11.1. The molecule has 3 aromatic rings. The van der Waals surface area contributed by atoms with Gasteiger partial charge in [-0.1, -0.05) is 23.2 Å². The number of carbonyl (C=O) groups excluding carboxylic acids is 1. The first-order valence-electron chi connectivity index (χ1n) is 6.03. The van der Waals surface area contributed by atoms with Gasteiger partial charge in [-0.15, -0.1) is 22.7 Å². The fraction of sp³-hybridized carbons (Fsp3) is 0.0769. The van der Waals surface area contributed by atoms with Crippen molar-refractivity contribution in [1.29, 1.82) is 0 Å². The molecule has 0 saturated carbocycles. The van der Waals surface area contributed by atoms with Gasteiger partial charge in [-0.3, -0.25) is 15.1 Å². The normalized spacial score (nSPS) is 10.7. The molecular formula is C13H8Cl2N4OS2. The fourth-order valence-electron chi connectivity index (χ4n) is 1.64. The van der Waals surface area contributed by atoms with Crippen LogP contribution in [-0.4, -0.2) is 20.9 Å². The van der Waals surface area contributed by atoms with Gasteiger partial charge < -0.3 is 0 Å². The Bertz CT molecular complexity index is 829. The number of aryl methyl sites for hydroxylation is 1. The van der Waals surface area contributed by atoms with Gasteiger partial charge in [-0.05, 0) is 13.0 Å². The molecule has 0 aliphatic heterocycles. The van der Waals surface area contributed by atoms with E-state index < -0.39 is 0 Å². The molecule has 0 aliphatic rings. The number of hydrogen-bond acceptors (Lipinski definition) is 6. The summed E-state index contributed by atoms with van der Waals surface area (Å²) in [7, 11) is 0. The number of rotatable bonds is 3. The lowest BCUT2D eigenvalue weighted by Crippen LogP contribution is -2.13. The lowest BCUT2D eigenvalue weighted by molar-refractivity contribution is 0.102. The summed E-state index contributed by atoms with van der Waals surface area (Å²) in [6, 6.07) is 1.75. The van der Waals surface area contributed by atoms with Gasteiger partial charge in [-0.25, -0.2) is 9.97 Å². The summed E-state index contributed by atoms with van der Waals surface area (Å²) < 4.78 is 1.16. The van der Waals surface area contributed by atoms with Crippen LogP contribution in [-0.2, 0) is 0 Å². The molecule has 0 aromatic carbocycles. The van der Waals surface area contributed by atoms with Crippen LogP contribution in [0.25, 0.3) is 11.3 Å². The molecule has 9 heteroatoms. The number of halogens is 2. The van der Waals surface area contributed by atoms with Gasteiger partial charge in [0.05, 0.1) is 21.9 Å². The Balaban J connectivity index is 1.78. The zero-order chi connectivity index (χ0) is 15.7. The van der Waals surface area contributed by atoms with Crippen LogP contribution in [0.5, 0.6) is 0 Å². The zero-order valence-corrected chi connectivity index (χ0v) is 14.3. The highest BCUT2D eigenvalue weighted by Gasteiger charge is 2.14. The Morgan fingerprint density at radius 3 is 2.73 bits per heavy atom. The van der Waals surface area contributed by atoms with Crippen molar-refractivity contribution in [3.8, 4) is 11.3 Å². The number of nitrogens with one attached hydrogen (secondary N) is 1. The van der Waals surface area contributed by atoms with Crippen molar-refractivity contribution in [3.63, 3.8) is 0 Å². The molecule has 3 aromatic heterocycles. The number of anilines is 1. The van der Waals surface area contributed by atoms with Crippen LogP contribution < -0.4 is 5.32 Å². The summed E-state index contributed by atoms with van der Waals surface area (Å²) >= 11 is 14.6. The monoisotopic (exact) mass is 370 g/mol. The quantitative estimate of drug-likeness (QED) is 0.735. The molecule has 1 N–H and O–H groups in total. The molecule has 0 unspecified atom stereocenters. The summed E-state index contributed by atoms with van der Waals surface area (Å²) in [6.45, 7) is 1.80. The predicted molar refractivity (Wildman–Crippen MR) is 90.2 cm³/mol. The van der Waals surface area contributed by atoms with Gasteiger partial charge in [0.1, 0.15) is 10.0 Å². The molecule has 0 aliphatic carbocycles. The van der Waals surface area contributed by atoms with Crippen LogP contribution >= 0.6 is 45.9 Å². The summed E-state index contributed by atoms with van der Waals surface area (Å²) in [6.07, 6.45) is 2.96. The highest BCUT2D eigenvalue weighted by atomic mass is 35.5. The van der Waals surface area contributed by atoms with Crippen molar-refractivity contribution in [2.24, 2.45) is 0 Å². The van der Waals surface area contributed by atoms with E-state index in [0.29, 0.717) is 19.5 Å². The molecule has 0 bridgehead atoms. The minimum Gasteiger partial charge on any atom is -0.296 e. The van der Waals surface area contributed by atoms with Gasteiger partial charge in [0.2, 0.25) is 0 Å².